The maximum atomic E-state index is 13.3. The molecule has 0 amide bonds. The Balaban J connectivity index is 1.28. The standard InChI is InChI=1S/C23H23N7O2S3/c1-2-30(35(31,32)21-7-4-10-33-21)19-6-3-5-16-11-18(26-22(16)19)23-24-12-17(34-23)13-28-8-9-29-15-25-27-20(29)14-28/h3-7,10-12,15,26H,2,8-9,13-14H2,1H3. The van der Waals surface area contributed by atoms with Crippen molar-refractivity contribution in [1.82, 2.24) is 29.6 Å². The van der Waals surface area contributed by atoms with Crippen molar-refractivity contribution in [3.8, 4) is 10.7 Å². The lowest BCUT2D eigenvalue weighted by Gasteiger charge is -2.26. The van der Waals surface area contributed by atoms with E-state index in [1.165, 1.54) is 20.5 Å². The average molecular weight is 526 g/mol. The van der Waals surface area contributed by atoms with Crippen molar-refractivity contribution in [3.05, 3.63) is 65.0 Å². The molecule has 1 aliphatic rings. The fourth-order valence-corrected chi connectivity index (χ4v) is 7.95. The number of aromatic amines is 1. The summed E-state index contributed by atoms with van der Waals surface area (Å²) in [7, 11) is -3.63. The van der Waals surface area contributed by atoms with Crippen molar-refractivity contribution in [1.29, 1.82) is 0 Å². The highest BCUT2D eigenvalue weighted by atomic mass is 32.2. The maximum Gasteiger partial charge on any atom is 0.273 e. The highest BCUT2D eigenvalue weighted by Crippen LogP contribution is 2.35. The van der Waals surface area contributed by atoms with Crippen LogP contribution in [0.4, 0.5) is 5.69 Å². The highest BCUT2D eigenvalue weighted by molar-refractivity contribution is 7.94. The highest BCUT2D eigenvalue weighted by Gasteiger charge is 2.27. The van der Waals surface area contributed by atoms with Gasteiger partial charge in [-0.15, -0.1) is 32.9 Å². The fourth-order valence-electron chi connectivity index (χ4n) is 4.43. The zero-order chi connectivity index (χ0) is 24.0. The molecule has 4 aromatic heterocycles. The summed E-state index contributed by atoms with van der Waals surface area (Å²) >= 11 is 2.87. The molecule has 180 valence electrons. The van der Waals surface area contributed by atoms with E-state index in [4.69, 9.17) is 0 Å². The predicted molar refractivity (Wildman–Crippen MR) is 138 cm³/mol. The molecule has 1 N–H and O–H groups in total. The Bertz CT molecular complexity index is 1580. The van der Waals surface area contributed by atoms with Crippen LogP contribution in [0.2, 0.25) is 0 Å². The van der Waals surface area contributed by atoms with Crippen LogP contribution in [0, 0.1) is 0 Å². The van der Waals surface area contributed by atoms with Crippen LogP contribution in [-0.2, 0) is 29.7 Å². The SMILES string of the molecule is CCN(c1cccc2cc(-c3ncc(CN4CCn5cnnc5C4)s3)[nH]c12)S(=O)(=O)c1cccs1. The number of para-hydroxylation sites is 1. The molecule has 0 atom stereocenters. The number of rotatable bonds is 7. The van der Waals surface area contributed by atoms with Crippen LogP contribution < -0.4 is 4.31 Å². The molecule has 12 heteroatoms. The van der Waals surface area contributed by atoms with E-state index in [2.05, 4.69) is 29.6 Å². The first kappa shape index (κ1) is 22.4. The molecule has 0 spiro atoms. The first-order valence-corrected chi connectivity index (χ1v) is 14.4. The maximum absolute atomic E-state index is 13.3. The van der Waals surface area contributed by atoms with Crippen molar-refractivity contribution < 1.29 is 8.42 Å². The van der Waals surface area contributed by atoms with Crippen LogP contribution in [-0.4, -0.2) is 51.1 Å². The number of aromatic nitrogens is 5. The quantitative estimate of drug-likeness (QED) is 0.342. The molecule has 1 aromatic carbocycles. The Morgan fingerprint density at radius 2 is 2.11 bits per heavy atom. The van der Waals surface area contributed by atoms with Gasteiger partial charge in [-0.05, 0) is 30.5 Å². The molecule has 5 aromatic rings. The Kier molecular flexibility index (Phi) is 5.67. The lowest BCUT2D eigenvalue weighted by molar-refractivity contribution is 0.210. The number of benzene rings is 1. The Morgan fingerprint density at radius 1 is 1.20 bits per heavy atom. The fraction of sp³-hybridized carbons (Fsp3) is 0.261. The van der Waals surface area contributed by atoms with Crippen LogP contribution in [0.15, 0.2) is 58.5 Å². The van der Waals surface area contributed by atoms with E-state index >= 15 is 0 Å². The summed E-state index contributed by atoms with van der Waals surface area (Å²) in [4.78, 5) is 11.6. The lowest BCUT2D eigenvalue weighted by Crippen LogP contribution is -2.32. The van der Waals surface area contributed by atoms with Gasteiger partial charge in [0.25, 0.3) is 10.0 Å². The van der Waals surface area contributed by atoms with Crippen LogP contribution >= 0.6 is 22.7 Å². The van der Waals surface area contributed by atoms with Gasteiger partial charge in [0, 0.05) is 42.6 Å². The van der Waals surface area contributed by atoms with Crippen molar-refractivity contribution in [3.63, 3.8) is 0 Å². The van der Waals surface area contributed by atoms with Crippen LogP contribution in [0.5, 0.6) is 0 Å². The summed E-state index contributed by atoms with van der Waals surface area (Å²) in [5.74, 6) is 0.988. The molecule has 5 heterocycles. The van der Waals surface area contributed by atoms with Crippen LogP contribution in [0.1, 0.15) is 17.6 Å². The Morgan fingerprint density at radius 3 is 2.94 bits per heavy atom. The predicted octanol–water partition coefficient (Wildman–Crippen LogP) is 4.18. The second-order valence-corrected chi connectivity index (χ2v) is 12.5. The van der Waals surface area contributed by atoms with Gasteiger partial charge in [0.15, 0.2) is 0 Å². The molecule has 1 aliphatic heterocycles. The number of anilines is 1. The van der Waals surface area contributed by atoms with E-state index in [1.807, 2.05) is 37.4 Å². The zero-order valence-electron chi connectivity index (χ0n) is 19.0. The molecular formula is C23H23N7O2S3. The van der Waals surface area contributed by atoms with Crippen LogP contribution in [0.3, 0.4) is 0 Å². The minimum Gasteiger partial charge on any atom is -0.351 e. The first-order chi connectivity index (χ1) is 17.0. The zero-order valence-corrected chi connectivity index (χ0v) is 21.4. The van der Waals surface area contributed by atoms with Gasteiger partial charge in [-0.25, -0.2) is 13.4 Å². The summed E-state index contributed by atoms with van der Waals surface area (Å²) in [6.07, 6.45) is 3.71. The number of nitrogens with zero attached hydrogens (tertiary/aromatic N) is 6. The third kappa shape index (κ3) is 4.05. The van der Waals surface area contributed by atoms with E-state index in [1.54, 1.807) is 35.2 Å². The van der Waals surface area contributed by atoms with Gasteiger partial charge in [-0.3, -0.25) is 9.21 Å². The topological polar surface area (TPSA) is 100 Å². The second kappa shape index (κ2) is 8.86. The number of sulfonamides is 1. The first-order valence-electron chi connectivity index (χ1n) is 11.2. The molecule has 9 nitrogen and oxygen atoms in total. The van der Waals surface area contributed by atoms with Gasteiger partial charge in [-0.1, -0.05) is 18.2 Å². The molecule has 0 fully saturated rings. The van der Waals surface area contributed by atoms with E-state index in [-0.39, 0.29) is 0 Å². The molecule has 6 rings (SSSR count). The molecule has 0 aliphatic carbocycles. The average Bonchev–Trinajstić information content (AvgIpc) is 3.66. The largest absolute Gasteiger partial charge is 0.351 e. The van der Waals surface area contributed by atoms with E-state index < -0.39 is 10.0 Å². The lowest BCUT2D eigenvalue weighted by atomic mass is 10.2. The van der Waals surface area contributed by atoms with Crippen molar-refractivity contribution in [2.24, 2.45) is 0 Å². The number of thiophene rings is 1. The monoisotopic (exact) mass is 525 g/mol. The van der Waals surface area contributed by atoms with Gasteiger partial charge < -0.3 is 9.55 Å². The number of H-pyrrole nitrogens is 1. The van der Waals surface area contributed by atoms with Crippen molar-refractivity contribution in [2.75, 3.05) is 17.4 Å². The number of thiazole rings is 1. The molecule has 0 radical (unpaired) electrons. The molecule has 0 unspecified atom stereocenters. The van der Waals surface area contributed by atoms with E-state index in [0.717, 1.165) is 53.6 Å². The normalized spacial score (nSPS) is 14.4. The van der Waals surface area contributed by atoms with Gasteiger partial charge in [0.2, 0.25) is 0 Å². The number of nitrogens with one attached hydrogen (secondary N) is 1. The Labute approximate surface area is 210 Å². The summed E-state index contributed by atoms with van der Waals surface area (Å²) in [6, 6.07) is 11.2. The third-order valence-corrected chi connectivity index (χ3v) is 10.4. The summed E-state index contributed by atoms with van der Waals surface area (Å²) in [6.45, 7) is 5.59. The van der Waals surface area contributed by atoms with Crippen LogP contribution in [0.25, 0.3) is 21.6 Å². The van der Waals surface area contributed by atoms with Crippen molar-refractivity contribution >= 4 is 49.3 Å². The van der Waals surface area contributed by atoms with E-state index in [0.29, 0.717) is 16.4 Å². The summed E-state index contributed by atoms with van der Waals surface area (Å²) in [5, 5.41) is 11.8. The molecule has 0 saturated heterocycles. The van der Waals surface area contributed by atoms with Gasteiger partial charge in [-0.2, -0.15) is 0 Å². The van der Waals surface area contributed by atoms with Gasteiger partial charge >= 0.3 is 0 Å². The third-order valence-electron chi connectivity index (χ3n) is 6.11. The molecular weight excluding hydrogens is 503 g/mol. The molecule has 0 saturated carbocycles. The molecule has 0 bridgehead atoms. The number of hydrogen-bond donors (Lipinski definition) is 1. The smallest absolute Gasteiger partial charge is 0.273 e. The minimum atomic E-state index is -3.63. The van der Waals surface area contributed by atoms with Gasteiger partial charge in [0.1, 0.15) is 21.4 Å². The Hall–Kier alpha value is -3.06. The molecule has 35 heavy (non-hydrogen) atoms. The van der Waals surface area contributed by atoms with Gasteiger partial charge in [0.05, 0.1) is 23.4 Å². The summed E-state index contributed by atoms with van der Waals surface area (Å²) in [5.41, 5.74) is 2.31. The summed E-state index contributed by atoms with van der Waals surface area (Å²) < 4.78 is 30.5. The second-order valence-electron chi connectivity index (χ2n) is 8.31. The number of fused-ring (bicyclic) bond motifs is 2. The minimum absolute atomic E-state index is 0.332. The van der Waals surface area contributed by atoms with Crippen molar-refractivity contribution in [2.45, 2.75) is 30.8 Å². The van der Waals surface area contributed by atoms with E-state index in [9.17, 15) is 8.42 Å². The number of hydrogen-bond acceptors (Lipinski definition) is 8.